The lowest BCUT2D eigenvalue weighted by Crippen LogP contribution is -2.33. The fourth-order valence-electron chi connectivity index (χ4n) is 2.04. The molecule has 1 unspecified atom stereocenters. The Morgan fingerprint density at radius 1 is 1.47 bits per heavy atom. The smallest absolute Gasteiger partial charge is 0.251 e. The molecule has 2 aromatic rings. The second kappa shape index (κ2) is 5.88. The van der Waals surface area contributed by atoms with Crippen LogP contribution in [0, 0.1) is 0 Å². The molecule has 0 saturated carbocycles. The van der Waals surface area contributed by atoms with Gasteiger partial charge in [0.25, 0.3) is 5.91 Å². The zero-order valence-electron chi connectivity index (χ0n) is 10.4. The molecule has 0 aliphatic carbocycles. The maximum absolute atomic E-state index is 12.1. The van der Waals surface area contributed by atoms with Gasteiger partial charge in [-0.3, -0.25) is 9.89 Å². The number of aromatic nitrogens is 2. The van der Waals surface area contributed by atoms with Crippen LogP contribution in [0.3, 0.4) is 0 Å². The van der Waals surface area contributed by atoms with E-state index < -0.39 is 0 Å². The Labute approximate surface area is 120 Å². The van der Waals surface area contributed by atoms with Crippen molar-refractivity contribution in [2.45, 2.75) is 5.25 Å². The molecule has 1 amide bonds. The third-order valence-corrected chi connectivity index (χ3v) is 5.92. The van der Waals surface area contributed by atoms with Gasteiger partial charge in [0, 0.05) is 40.0 Å². The summed E-state index contributed by atoms with van der Waals surface area (Å²) in [5.41, 5.74) is 1.58. The first-order valence-corrected chi connectivity index (χ1v) is 8.44. The number of aromatic amines is 1. The summed E-state index contributed by atoms with van der Waals surface area (Å²) >= 11 is 3.92. The molecule has 19 heavy (non-hydrogen) atoms. The van der Waals surface area contributed by atoms with Gasteiger partial charge in [0.1, 0.15) is 0 Å². The molecule has 1 aliphatic rings. The Hall–Kier alpha value is -1.14. The predicted molar refractivity (Wildman–Crippen MR) is 82.0 cm³/mol. The summed E-state index contributed by atoms with van der Waals surface area (Å²) in [4.78, 5) is 12.1. The van der Waals surface area contributed by atoms with E-state index in [-0.39, 0.29) is 5.91 Å². The van der Waals surface area contributed by atoms with Gasteiger partial charge < -0.3 is 5.32 Å². The Bertz CT molecular complexity index is 578. The normalized spacial score (nSPS) is 19.5. The molecule has 2 heterocycles. The molecular formula is C13H15N3OS2. The molecule has 1 aliphatic heterocycles. The van der Waals surface area contributed by atoms with Crippen LogP contribution in [-0.2, 0) is 0 Å². The Morgan fingerprint density at radius 3 is 3.26 bits per heavy atom. The van der Waals surface area contributed by atoms with Crippen molar-refractivity contribution in [3.05, 3.63) is 30.0 Å². The minimum absolute atomic E-state index is 0.00678. The van der Waals surface area contributed by atoms with Crippen molar-refractivity contribution in [1.82, 2.24) is 15.5 Å². The number of hydrogen-bond acceptors (Lipinski definition) is 4. The summed E-state index contributed by atoms with van der Waals surface area (Å²) in [6, 6.07) is 5.61. The van der Waals surface area contributed by atoms with E-state index in [0.717, 1.165) is 23.2 Å². The molecule has 2 N–H and O–H groups in total. The lowest BCUT2D eigenvalue weighted by molar-refractivity contribution is 0.0954. The number of nitrogens with zero attached hydrogens (tertiary/aromatic N) is 1. The van der Waals surface area contributed by atoms with Crippen LogP contribution in [0.1, 0.15) is 10.4 Å². The number of carbonyl (C=O) groups excluding carboxylic acids is 1. The number of amides is 1. The van der Waals surface area contributed by atoms with Crippen LogP contribution in [0.2, 0.25) is 0 Å². The van der Waals surface area contributed by atoms with Gasteiger partial charge >= 0.3 is 0 Å². The van der Waals surface area contributed by atoms with E-state index >= 15 is 0 Å². The van der Waals surface area contributed by atoms with Crippen LogP contribution < -0.4 is 5.32 Å². The quantitative estimate of drug-likeness (QED) is 0.910. The second-order valence-corrected chi connectivity index (χ2v) is 7.01. The molecule has 0 bridgehead atoms. The molecule has 1 atom stereocenters. The number of hydrogen-bond donors (Lipinski definition) is 2. The second-order valence-electron chi connectivity index (χ2n) is 4.45. The van der Waals surface area contributed by atoms with Gasteiger partial charge in [-0.15, -0.1) is 0 Å². The van der Waals surface area contributed by atoms with Gasteiger partial charge in [0.15, 0.2) is 0 Å². The summed E-state index contributed by atoms with van der Waals surface area (Å²) in [5, 5.41) is 11.4. The first-order valence-electron chi connectivity index (χ1n) is 6.23. The first-order chi connectivity index (χ1) is 9.33. The van der Waals surface area contributed by atoms with Gasteiger partial charge in [-0.2, -0.15) is 28.6 Å². The minimum Gasteiger partial charge on any atom is -0.351 e. The van der Waals surface area contributed by atoms with Gasteiger partial charge in [-0.25, -0.2) is 0 Å². The highest BCUT2D eigenvalue weighted by molar-refractivity contribution is 8.06. The largest absolute Gasteiger partial charge is 0.351 e. The van der Waals surface area contributed by atoms with Crippen molar-refractivity contribution in [2.75, 3.05) is 23.8 Å². The Kier molecular flexibility index (Phi) is 3.98. The maximum Gasteiger partial charge on any atom is 0.251 e. The van der Waals surface area contributed by atoms with Crippen molar-refractivity contribution in [2.24, 2.45) is 0 Å². The van der Waals surface area contributed by atoms with E-state index in [1.165, 1.54) is 11.5 Å². The number of carbonyl (C=O) groups is 1. The molecule has 1 saturated heterocycles. The number of nitrogens with one attached hydrogen (secondary N) is 2. The Balaban J connectivity index is 1.62. The molecule has 4 nitrogen and oxygen atoms in total. The first kappa shape index (κ1) is 12.9. The summed E-state index contributed by atoms with van der Waals surface area (Å²) < 4.78 is 0. The minimum atomic E-state index is -0.00678. The number of fused-ring (bicyclic) bond motifs is 1. The average molecular weight is 293 g/mol. The van der Waals surface area contributed by atoms with Crippen molar-refractivity contribution in [3.63, 3.8) is 0 Å². The van der Waals surface area contributed by atoms with Gasteiger partial charge in [-0.1, -0.05) is 6.07 Å². The third kappa shape index (κ3) is 3.06. The van der Waals surface area contributed by atoms with E-state index in [9.17, 15) is 4.79 Å². The number of benzene rings is 1. The summed E-state index contributed by atoms with van der Waals surface area (Å²) in [6.45, 7) is 0.748. The lowest BCUT2D eigenvalue weighted by Gasteiger charge is -2.21. The van der Waals surface area contributed by atoms with E-state index in [0.29, 0.717) is 10.8 Å². The van der Waals surface area contributed by atoms with Crippen molar-refractivity contribution < 1.29 is 4.79 Å². The zero-order chi connectivity index (χ0) is 13.1. The number of thioether (sulfide) groups is 2. The van der Waals surface area contributed by atoms with E-state index in [1.807, 2.05) is 41.7 Å². The summed E-state index contributed by atoms with van der Waals surface area (Å²) in [7, 11) is 0. The van der Waals surface area contributed by atoms with Gasteiger partial charge in [0.2, 0.25) is 0 Å². The fourth-order valence-corrected chi connectivity index (χ4v) is 4.65. The Morgan fingerprint density at radius 2 is 2.42 bits per heavy atom. The number of rotatable bonds is 3. The highest BCUT2D eigenvalue weighted by Gasteiger charge is 2.15. The lowest BCUT2D eigenvalue weighted by atomic mass is 10.1. The van der Waals surface area contributed by atoms with Crippen molar-refractivity contribution in [3.8, 4) is 0 Å². The highest BCUT2D eigenvalue weighted by Crippen LogP contribution is 2.23. The fraction of sp³-hybridized carbons (Fsp3) is 0.385. The van der Waals surface area contributed by atoms with Crippen LogP contribution >= 0.6 is 23.5 Å². The number of H-pyrrole nitrogens is 1. The zero-order valence-corrected chi connectivity index (χ0v) is 12.0. The van der Waals surface area contributed by atoms with Gasteiger partial charge in [-0.05, 0) is 12.1 Å². The van der Waals surface area contributed by atoms with Gasteiger partial charge in [0.05, 0.1) is 11.7 Å². The molecule has 100 valence electrons. The molecule has 1 aromatic heterocycles. The molecule has 0 spiro atoms. The standard InChI is InChI=1S/C13H15N3OS2/c17-13(14-7-11-8-18-3-4-19-11)9-1-2-10-6-15-16-12(10)5-9/h1-2,5-6,11H,3-4,7-8H2,(H,14,17)(H,15,16). The van der Waals surface area contributed by atoms with Crippen LogP contribution in [-0.4, -0.2) is 45.2 Å². The van der Waals surface area contributed by atoms with Crippen molar-refractivity contribution >= 4 is 40.3 Å². The molecular weight excluding hydrogens is 278 g/mol. The van der Waals surface area contributed by atoms with E-state index in [2.05, 4.69) is 15.5 Å². The summed E-state index contributed by atoms with van der Waals surface area (Å²) in [6.07, 6.45) is 1.76. The topological polar surface area (TPSA) is 57.8 Å². The molecule has 1 aromatic carbocycles. The van der Waals surface area contributed by atoms with Crippen LogP contribution in [0.25, 0.3) is 10.9 Å². The third-order valence-electron chi connectivity index (χ3n) is 3.08. The van der Waals surface area contributed by atoms with E-state index in [1.54, 1.807) is 6.20 Å². The average Bonchev–Trinajstić information content (AvgIpc) is 2.93. The SMILES string of the molecule is O=C(NCC1CSCCS1)c1ccc2cn[nH]c2c1. The van der Waals surface area contributed by atoms with Crippen LogP contribution in [0.4, 0.5) is 0 Å². The maximum atomic E-state index is 12.1. The summed E-state index contributed by atoms with van der Waals surface area (Å²) in [5.74, 6) is 3.54. The highest BCUT2D eigenvalue weighted by atomic mass is 32.2. The molecule has 0 radical (unpaired) electrons. The van der Waals surface area contributed by atoms with Crippen LogP contribution in [0.5, 0.6) is 0 Å². The predicted octanol–water partition coefficient (Wildman–Crippen LogP) is 2.14. The van der Waals surface area contributed by atoms with Crippen molar-refractivity contribution in [1.29, 1.82) is 0 Å². The monoisotopic (exact) mass is 293 g/mol. The van der Waals surface area contributed by atoms with Crippen LogP contribution in [0.15, 0.2) is 24.4 Å². The van der Waals surface area contributed by atoms with E-state index in [4.69, 9.17) is 0 Å². The molecule has 6 heteroatoms. The molecule has 1 fully saturated rings. The molecule has 3 rings (SSSR count).